The summed E-state index contributed by atoms with van der Waals surface area (Å²) >= 11 is 3.28. The summed E-state index contributed by atoms with van der Waals surface area (Å²) in [6.45, 7) is 2.14. The fourth-order valence-corrected chi connectivity index (χ4v) is 1.75. The van der Waals surface area contributed by atoms with E-state index in [0.717, 1.165) is 24.3 Å². The second-order valence-corrected chi connectivity index (χ2v) is 3.97. The van der Waals surface area contributed by atoms with Gasteiger partial charge in [0.15, 0.2) is 0 Å². The molecule has 16 heavy (non-hydrogen) atoms. The Morgan fingerprint density at radius 2 is 2.12 bits per heavy atom. The van der Waals surface area contributed by atoms with Crippen molar-refractivity contribution in [2.45, 2.75) is 25.9 Å². The first-order valence-electron chi connectivity index (χ1n) is 5.37. The molecule has 3 heteroatoms. The molecule has 1 rings (SSSR count). The minimum Gasteiger partial charge on any atom is -0.497 e. The van der Waals surface area contributed by atoms with Crippen molar-refractivity contribution in [1.82, 2.24) is 0 Å². The smallest absolute Gasteiger partial charge is 0.123 e. The van der Waals surface area contributed by atoms with Crippen LogP contribution in [-0.4, -0.2) is 13.2 Å². The van der Waals surface area contributed by atoms with Gasteiger partial charge in [0.05, 0.1) is 7.11 Å². The molecule has 1 unspecified atom stereocenters. The Morgan fingerprint density at radius 3 is 2.75 bits per heavy atom. The first-order chi connectivity index (χ1) is 7.80. The van der Waals surface area contributed by atoms with Gasteiger partial charge in [-0.3, -0.25) is 0 Å². The van der Waals surface area contributed by atoms with Crippen molar-refractivity contribution in [3.63, 3.8) is 0 Å². The first kappa shape index (κ1) is 13.1. The van der Waals surface area contributed by atoms with Crippen LogP contribution in [0.3, 0.4) is 0 Å². The Morgan fingerprint density at radius 1 is 1.38 bits per heavy atom. The van der Waals surface area contributed by atoms with E-state index in [1.54, 1.807) is 7.11 Å². The Bertz CT molecular complexity index is 336. The third-order valence-electron chi connectivity index (χ3n) is 2.19. The topological polar surface area (TPSA) is 18.5 Å². The molecule has 0 aromatic heterocycles. The van der Waals surface area contributed by atoms with Gasteiger partial charge < -0.3 is 9.47 Å². The molecule has 88 valence electrons. The average Bonchev–Trinajstić information content (AvgIpc) is 2.30. The fourth-order valence-electron chi connectivity index (χ4n) is 1.41. The standard InChI is InChI=1S/C13H17BrO2/c1-3-5-11(8-9-14)16-13-7-4-6-12(10-13)15-2/h4,6-11H,3,5H2,1-2H3/b9-8+. The predicted molar refractivity (Wildman–Crippen MR) is 70.4 cm³/mol. The quantitative estimate of drug-likeness (QED) is 0.781. The highest BCUT2D eigenvalue weighted by Gasteiger charge is 2.05. The molecule has 0 saturated heterocycles. The van der Waals surface area contributed by atoms with Gasteiger partial charge in [-0.1, -0.05) is 35.3 Å². The van der Waals surface area contributed by atoms with Gasteiger partial charge in [-0.05, 0) is 29.6 Å². The van der Waals surface area contributed by atoms with E-state index in [2.05, 4.69) is 22.9 Å². The summed E-state index contributed by atoms with van der Waals surface area (Å²) in [5.74, 6) is 1.65. The Hall–Kier alpha value is -0.960. The van der Waals surface area contributed by atoms with Crippen LogP contribution in [0.2, 0.25) is 0 Å². The largest absolute Gasteiger partial charge is 0.497 e. The van der Waals surface area contributed by atoms with Crippen molar-refractivity contribution < 1.29 is 9.47 Å². The van der Waals surface area contributed by atoms with Crippen molar-refractivity contribution in [3.05, 3.63) is 35.3 Å². The third-order valence-corrected chi connectivity index (χ3v) is 2.49. The van der Waals surface area contributed by atoms with Crippen molar-refractivity contribution in [2.24, 2.45) is 0 Å². The average molecular weight is 285 g/mol. The number of benzene rings is 1. The molecule has 0 amide bonds. The number of methoxy groups -OCH3 is 1. The lowest BCUT2D eigenvalue weighted by atomic mass is 10.2. The van der Waals surface area contributed by atoms with E-state index in [1.807, 2.05) is 35.3 Å². The van der Waals surface area contributed by atoms with E-state index in [-0.39, 0.29) is 6.10 Å². The normalized spacial score (nSPS) is 12.7. The summed E-state index contributed by atoms with van der Waals surface area (Å²) < 4.78 is 11.0. The van der Waals surface area contributed by atoms with Crippen molar-refractivity contribution >= 4 is 15.9 Å². The molecule has 0 fully saturated rings. The van der Waals surface area contributed by atoms with Gasteiger partial charge in [-0.25, -0.2) is 0 Å². The highest BCUT2D eigenvalue weighted by Crippen LogP contribution is 2.21. The molecule has 0 bridgehead atoms. The molecule has 0 saturated carbocycles. The van der Waals surface area contributed by atoms with Crippen molar-refractivity contribution in [3.8, 4) is 11.5 Å². The van der Waals surface area contributed by atoms with Crippen molar-refractivity contribution in [1.29, 1.82) is 0 Å². The van der Waals surface area contributed by atoms with Crippen LogP contribution in [0.4, 0.5) is 0 Å². The molecule has 0 N–H and O–H groups in total. The molecule has 1 aromatic carbocycles. The molecule has 2 nitrogen and oxygen atoms in total. The van der Waals surface area contributed by atoms with Gasteiger partial charge in [0, 0.05) is 6.07 Å². The van der Waals surface area contributed by atoms with Gasteiger partial charge in [0.2, 0.25) is 0 Å². The van der Waals surface area contributed by atoms with Crippen LogP contribution in [0.25, 0.3) is 0 Å². The summed E-state index contributed by atoms with van der Waals surface area (Å²) in [5, 5.41) is 0. The Kier molecular flexibility index (Phi) is 6.01. The van der Waals surface area contributed by atoms with Gasteiger partial charge in [-0.2, -0.15) is 0 Å². The van der Waals surface area contributed by atoms with Gasteiger partial charge in [-0.15, -0.1) is 0 Å². The van der Waals surface area contributed by atoms with Crippen LogP contribution in [0.5, 0.6) is 11.5 Å². The van der Waals surface area contributed by atoms with Crippen molar-refractivity contribution in [2.75, 3.05) is 7.11 Å². The Labute approximate surface area is 105 Å². The van der Waals surface area contributed by atoms with Gasteiger partial charge in [0.1, 0.15) is 17.6 Å². The maximum atomic E-state index is 5.84. The summed E-state index contributed by atoms with van der Waals surface area (Å²) in [5.41, 5.74) is 0. The molecule has 1 aromatic rings. The summed E-state index contributed by atoms with van der Waals surface area (Å²) in [7, 11) is 1.65. The molecule has 0 aliphatic heterocycles. The highest BCUT2D eigenvalue weighted by atomic mass is 79.9. The molecule has 1 atom stereocenters. The minimum atomic E-state index is 0.108. The highest BCUT2D eigenvalue weighted by molar-refractivity contribution is 9.11. The maximum Gasteiger partial charge on any atom is 0.123 e. The zero-order valence-electron chi connectivity index (χ0n) is 9.65. The lowest BCUT2D eigenvalue weighted by Gasteiger charge is -2.15. The monoisotopic (exact) mass is 284 g/mol. The first-order valence-corrected chi connectivity index (χ1v) is 6.29. The Balaban J connectivity index is 2.68. The molecule has 0 radical (unpaired) electrons. The number of ether oxygens (including phenoxy) is 2. The second kappa shape index (κ2) is 7.34. The summed E-state index contributed by atoms with van der Waals surface area (Å²) in [6.07, 6.45) is 4.20. The van der Waals surface area contributed by atoms with Crippen LogP contribution in [0.1, 0.15) is 19.8 Å². The summed E-state index contributed by atoms with van der Waals surface area (Å²) in [6, 6.07) is 7.66. The zero-order chi connectivity index (χ0) is 11.8. The predicted octanol–water partition coefficient (Wildman–Crippen LogP) is 4.15. The van der Waals surface area contributed by atoms with E-state index < -0.39 is 0 Å². The van der Waals surface area contributed by atoms with Gasteiger partial charge in [0.25, 0.3) is 0 Å². The molecular weight excluding hydrogens is 268 g/mol. The minimum absolute atomic E-state index is 0.108. The van der Waals surface area contributed by atoms with Crippen LogP contribution in [0, 0.1) is 0 Å². The third kappa shape index (κ3) is 4.27. The second-order valence-electron chi connectivity index (χ2n) is 3.44. The molecule has 0 spiro atoms. The molecule has 0 aliphatic carbocycles. The maximum absolute atomic E-state index is 5.84. The molecule has 0 aliphatic rings. The van der Waals surface area contributed by atoms with Crippen LogP contribution < -0.4 is 9.47 Å². The summed E-state index contributed by atoms with van der Waals surface area (Å²) in [4.78, 5) is 1.84. The van der Waals surface area contributed by atoms with Crippen LogP contribution in [-0.2, 0) is 0 Å². The fraction of sp³-hybridized carbons (Fsp3) is 0.385. The lowest BCUT2D eigenvalue weighted by Crippen LogP contribution is -2.12. The van der Waals surface area contributed by atoms with Gasteiger partial charge >= 0.3 is 0 Å². The molecular formula is C13H17BrO2. The molecule has 0 heterocycles. The SMILES string of the molecule is CCCC(/C=C/Br)Oc1cccc(OC)c1. The van der Waals surface area contributed by atoms with Crippen LogP contribution in [0.15, 0.2) is 35.3 Å². The zero-order valence-corrected chi connectivity index (χ0v) is 11.2. The van der Waals surface area contributed by atoms with E-state index in [0.29, 0.717) is 0 Å². The number of hydrogen-bond donors (Lipinski definition) is 0. The number of halogens is 1. The van der Waals surface area contributed by atoms with E-state index in [1.165, 1.54) is 0 Å². The van der Waals surface area contributed by atoms with E-state index >= 15 is 0 Å². The van der Waals surface area contributed by atoms with Crippen LogP contribution >= 0.6 is 15.9 Å². The number of hydrogen-bond acceptors (Lipinski definition) is 2. The van der Waals surface area contributed by atoms with E-state index in [4.69, 9.17) is 9.47 Å². The van der Waals surface area contributed by atoms with E-state index in [9.17, 15) is 0 Å². The lowest BCUT2D eigenvalue weighted by molar-refractivity contribution is 0.236. The number of rotatable bonds is 6.